The second-order valence-electron chi connectivity index (χ2n) is 6.82. The first-order valence-corrected chi connectivity index (χ1v) is 7.55. The van der Waals surface area contributed by atoms with Gasteiger partial charge in [0.05, 0.1) is 5.92 Å². The van der Waals surface area contributed by atoms with E-state index in [4.69, 9.17) is 5.73 Å². The molecular weight excluding hydrogens is 224 g/mol. The Morgan fingerprint density at radius 1 is 1.22 bits per heavy atom. The summed E-state index contributed by atoms with van der Waals surface area (Å²) in [5.41, 5.74) is 6.20. The van der Waals surface area contributed by atoms with E-state index in [1.54, 1.807) is 0 Å². The number of rotatable bonds is 5. The van der Waals surface area contributed by atoms with E-state index in [1.165, 1.54) is 25.7 Å². The van der Waals surface area contributed by atoms with Gasteiger partial charge < -0.3 is 11.1 Å². The van der Waals surface area contributed by atoms with Crippen molar-refractivity contribution in [3.63, 3.8) is 0 Å². The maximum Gasteiger partial charge on any atom is 0.225 e. The van der Waals surface area contributed by atoms with Gasteiger partial charge in [-0.2, -0.15) is 0 Å². The predicted molar refractivity (Wildman–Crippen MR) is 74.0 cm³/mol. The lowest BCUT2D eigenvalue weighted by Gasteiger charge is -2.28. The standard InChI is InChI=1S/C15H28N2O/c1-9(2)4-5-10(3)17-15(18)13-11-6-7-12(8-11)14(13)16/h9-14H,4-8,16H2,1-3H3,(H,17,18). The highest BCUT2D eigenvalue weighted by molar-refractivity contribution is 5.80. The van der Waals surface area contributed by atoms with Crippen LogP contribution < -0.4 is 11.1 Å². The molecule has 0 aromatic heterocycles. The molecule has 3 N–H and O–H groups in total. The van der Waals surface area contributed by atoms with E-state index >= 15 is 0 Å². The zero-order valence-corrected chi connectivity index (χ0v) is 12.0. The smallest absolute Gasteiger partial charge is 0.225 e. The van der Waals surface area contributed by atoms with E-state index in [0.717, 1.165) is 6.42 Å². The van der Waals surface area contributed by atoms with Gasteiger partial charge in [0, 0.05) is 12.1 Å². The van der Waals surface area contributed by atoms with Crippen molar-refractivity contribution in [2.24, 2.45) is 29.4 Å². The zero-order valence-electron chi connectivity index (χ0n) is 12.0. The maximum atomic E-state index is 12.3. The van der Waals surface area contributed by atoms with Gasteiger partial charge in [-0.1, -0.05) is 13.8 Å². The Hall–Kier alpha value is -0.570. The number of nitrogens with two attached hydrogens (primary N) is 1. The van der Waals surface area contributed by atoms with Gasteiger partial charge >= 0.3 is 0 Å². The van der Waals surface area contributed by atoms with Crippen molar-refractivity contribution in [2.75, 3.05) is 0 Å². The third-order valence-electron chi connectivity index (χ3n) is 4.85. The van der Waals surface area contributed by atoms with E-state index in [-0.39, 0.29) is 23.9 Å². The van der Waals surface area contributed by atoms with Crippen LogP contribution in [0.25, 0.3) is 0 Å². The molecule has 104 valence electrons. The molecule has 2 aliphatic carbocycles. The summed E-state index contributed by atoms with van der Waals surface area (Å²) in [4.78, 5) is 12.3. The summed E-state index contributed by atoms with van der Waals surface area (Å²) in [6, 6.07) is 0.396. The lowest BCUT2D eigenvalue weighted by molar-refractivity contribution is -0.127. The van der Waals surface area contributed by atoms with E-state index in [2.05, 4.69) is 26.1 Å². The summed E-state index contributed by atoms with van der Waals surface area (Å²) in [6.07, 6.45) is 5.86. The van der Waals surface area contributed by atoms with Crippen molar-refractivity contribution in [2.45, 2.75) is 65.0 Å². The molecular formula is C15H28N2O. The Morgan fingerprint density at radius 2 is 1.89 bits per heavy atom. The van der Waals surface area contributed by atoms with Crippen molar-refractivity contribution >= 4 is 5.91 Å². The highest BCUT2D eigenvalue weighted by atomic mass is 16.2. The average molecular weight is 252 g/mol. The second-order valence-corrected chi connectivity index (χ2v) is 6.82. The predicted octanol–water partition coefficient (Wildman–Crippen LogP) is 2.30. The molecule has 0 spiro atoms. The van der Waals surface area contributed by atoms with Gasteiger partial charge in [-0.15, -0.1) is 0 Å². The van der Waals surface area contributed by atoms with Crippen molar-refractivity contribution in [3.05, 3.63) is 0 Å². The molecule has 0 aliphatic heterocycles. The number of carbonyl (C=O) groups is 1. The van der Waals surface area contributed by atoms with E-state index in [1.807, 2.05) is 0 Å². The van der Waals surface area contributed by atoms with Gasteiger partial charge in [-0.25, -0.2) is 0 Å². The zero-order chi connectivity index (χ0) is 13.3. The number of fused-ring (bicyclic) bond motifs is 2. The Kier molecular flexibility index (Phi) is 4.31. The van der Waals surface area contributed by atoms with Gasteiger partial charge in [0.15, 0.2) is 0 Å². The summed E-state index contributed by atoms with van der Waals surface area (Å²) < 4.78 is 0. The van der Waals surface area contributed by atoms with E-state index < -0.39 is 0 Å². The molecule has 5 atom stereocenters. The number of carbonyl (C=O) groups excluding carboxylic acids is 1. The summed E-state index contributed by atoms with van der Waals surface area (Å²) in [5, 5.41) is 3.17. The quantitative estimate of drug-likeness (QED) is 0.789. The van der Waals surface area contributed by atoms with Crippen LogP contribution in [0.3, 0.4) is 0 Å². The van der Waals surface area contributed by atoms with Crippen molar-refractivity contribution in [1.82, 2.24) is 5.32 Å². The van der Waals surface area contributed by atoms with Gasteiger partial charge in [-0.3, -0.25) is 4.79 Å². The third-order valence-corrected chi connectivity index (χ3v) is 4.85. The fraction of sp³-hybridized carbons (Fsp3) is 0.933. The molecule has 0 saturated heterocycles. The first-order chi connectivity index (χ1) is 8.49. The lowest BCUT2D eigenvalue weighted by atomic mass is 9.84. The van der Waals surface area contributed by atoms with Crippen LogP contribution in [-0.2, 0) is 4.79 Å². The minimum absolute atomic E-state index is 0.0882. The minimum Gasteiger partial charge on any atom is -0.353 e. The monoisotopic (exact) mass is 252 g/mol. The molecule has 0 heterocycles. The Labute approximate surface area is 111 Å². The SMILES string of the molecule is CC(C)CCC(C)NC(=O)C1C2CCC(C2)C1N. The fourth-order valence-corrected chi connectivity index (χ4v) is 3.72. The molecule has 2 bridgehead atoms. The maximum absolute atomic E-state index is 12.3. The highest BCUT2D eigenvalue weighted by Crippen LogP contribution is 2.47. The first kappa shape index (κ1) is 13.9. The van der Waals surface area contributed by atoms with E-state index in [9.17, 15) is 4.79 Å². The Morgan fingerprint density at radius 3 is 2.44 bits per heavy atom. The molecule has 2 fully saturated rings. The second kappa shape index (κ2) is 5.60. The van der Waals surface area contributed by atoms with Gasteiger partial charge in [0.25, 0.3) is 0 Å². The largest absolute Gasteiger partial charge is 0.353 e. The van der Waals surface area contributed by atoms with Crippen LogP contribution in [0.4, 0.5) is 0 Å². The van der Waals surface area contributed by atoms with Crippen LogP contribution >= 0.6 is 0 Å². The fourth-order valence-electron chi connectivity index (χ4n) is 3.72. The van der Waals surface area contributed by atoms with Gasteiger partial charge in [0.2, 0.25) is 5.91 Å². The van der Waals surface area contributed by atoms with Crippen LogP contribution in [0.5, 0.6) is 0 Å². The molecule has 2 saturated carbocycles. The molecule has 2 aliphatic rings. The summed E-state index contributed by atoms with van der Waals surface area (Å²) in [5.74, 6) is 2.17. The lowest BCUT2D eigenvalue weighted by Crippen LogP contribution is -2.47. The molecule has 0 radical (unpaired) electrons. The minimum atomic E-state index is 0.0882. The van der Waals surface area contributed by atoms with Crippen LogP contribution in [-0.4, -0.2) is 18.0 Å². The molecule has 0 aromatic carbocycles. The molecule has 3 nitrogen and oxygen atoms in total. The van der Waals surface area contributed by atoms with Crippen LogP contribution in [0.2, 0.25) is 0 Å². The Bertz CT molecular complexity index is 301. The molecule has 18 heavy (non-hydrogen) atoms. The van der Waals surface area contributed by atoms with Crippen LogP contribution in [0, 0.1) is 23.7 Å². The number of amides is 1. The topological polar surface area (TPSA) is 55.1 Å². The van der Waals surface area contributed by atoms with Crippen LogP contribution in [0.1, 0.15) is 52.9 Å². The van der Waals surface area contributed by atoms with Crippen molar-refractivity contribution < 1.29 is 4.79 Å². The van der Waals surface area contributed by atoms with Crippen molar-refractivity contribution in [3.8, 4) is 0 Å². The normalized spacial score (nSPS) is 36.1. The molecule has 1 amide bonds. The van der Waals surface area contributed by atoms with E-state index in [0.29, 0.717) is 17.8 Å². The van der Waals surface area contributed by atoms with Gasteiger partial charge in [-0.05, 0) is 56.8 Å². The Balaban J connectivity index is 1.81. The van der Waals surface area contributed by atoms with Crippen LogP contribution in [0.15, 0.2) is 0 Å². The average Bonchev–Trinajstić information content (AvgIpc) is 2.86. The number of hydrogen-bond donors (Lipinski definition) is 2. The summed E-state index contributed by atoms with van der Waals surface area (Å²) in [7, 11) is 0. The number of nitrogens with one attached hydrogen (secondary N) is 1. The number of hydrogen-bond acceptors (Lipinski definition) is 2. The molecule has 5 unspecified atom stereocenters. The summed E-state index contributed by atoms with van der Waals surface area (Å²) >= 11 is 0. The van der Waals surface area contributed by atoms with Crippen molar-refractivity contribution in [1.29, 1.82) is 0 Å². The molecule has 2 rings (SSSR count). The van der Waals surface area contributed by atoms with Gasteiger partial charge in [0.1, 0.15) is 0 Å². The molecule has 3 heteroatoms. The first-order valence-electron chi connectivity index (χ1n) is 7.55. The molecule has 0 aromatic rings. The highest BCUT2D eigenvalue weighted by Gasteiger charge is 2.49. The third kappa shape index (κ3) is 2.87. The summed E-state index contributed by atoms with van der Waals surface area (Å²) in [6.45, 7) is 6.56.